The summed E-state index contributed by atoms with van der Waals surface area (Å²) in [5.41, 5.74) is 3.10. The number of nitrogens with zero attached hydrogens (tertiary/aromatic N) is 3. The zero-order valence-electron chi connectivity index (χ0n) is 35.9. The van der Waals surface area contributed by atoms with Crippen molar-refractivity contribution in [1.29, 1.82) is 0 Å². The Kier molecular flexibility index (Phi) is 15.8. The molecule has 338 valence electrons. The monoisotopic (exact) mass is 904 g/mol. The lowest BCUT2D eigenvalue weighted by Gasteiger charge is -2.38. The van der Waals surface area contributed by atoms with Gasteiger partial charge in [-0.3, -0.25) is 19.3 Å². The number of benzene rings is 3. The maximum absolute atomic E-state index is 13.9. The maximum Gasteiger partial charge on any atom is 0.410 e. The number of likely N-dealkylation sites (tertiary alicyclic amines) is 1. The number of hydrogen-bond donors (Lipinski definition) is 3. The van der Waals surface area contributed by atoms with E-state index in [1.165, 1.54) is 0 Å². The zero-order valence-corrected chi connectivity index (χ0v) is 37.5. The Hall–Kier alpha value is -5.59. The summed E-state index contributed by atoms with van der Waals surface area (Å²) in [6.07, 6.45) is 4.56. The normalized spacial score (nSPS) is 19.1. The molecule has 3 N–H and O–H groups in total. The molecule has 3 atom stereocenters. The molecule has 18 heteroatoms. The van der Waals surface area contributed by atoms with E-state index in [1.807, 2.05) is 30.3 Å². The van der Waals surface area contributed by atoms with Crippen molar-refractivity contribution in [1.82, 2.24) is 30.9 Å². The fraction of sp³-hybridized carbons (Fsp3) is 0.444. The van der Waals surface area contributed by atoms with E-state index < -0.39 is 37.7 Å². The number of hydrogen-bond acceptors (Lipinski definition) is 12. The maximum atomic E-state index is 13.9. The SMILES string of the molecule is Cc1noc2c1C(=O)N[C@@H](CCCCN(Cc1ccc(S(C)(=O)=O)cc1)Cc1ccc(S(C)(=O)=O)cc1)C(=O)NCC[C@H]1CN(C(=O)OCc3ccccc3)CC[C@H]1CC(=O)NC2. The fourth-order valence-corrected chi connectivity index (χ4v) is 9.33. The Bertz CT molecular complexity index is 2370. The summed E-state index contributed by atoms with van der Waals surface area (Å²) < 4.78 is 59.4. The number of nitrogens with one attached hydrogen (secondary N) is 3. The summed E-state index contributed by atoms with van der Waals surface area (Å²) in [6, 6.07) is 21.8. The van der Waals surface area contributed by atoms with Gasteiger partial charge in [-0.2, -0.15) is 0 Å². The molecular weight excluding hydrogens is 849 g/mol. The van der Waals surface area contributed by atoms with Gasteiger partial charge in [-0.15, -0.1) is 0 Å². The van der Waals surface area contributed by atoms with Gasteiger partial charge in [0.2, 0.25) is 11.8 Å². The molecule has 2 aliphatic rings. The largest absolute Gasteiger partial charge is 0.445 e. The van der Waals surface area contributed by atoms with Crippen molar-refractivity contribution in [2.75, 3.05) is 38.7 Å². The van der Waals surface area contributed by atoms with E-state index in [0.717, 1.165) is 29.2 Å². The Balaban J connectivity index is 1.14. The highest BCUT2D eigenvalue weighted by atomic mass is 32.2. The highest BCUT2D eigenvalue weighted by Crippen LogP contribution is 2.30. The smallest absolute Gasteiger partial charge is 0.410 e. The third-order valence-corrected chi connectivity index (χ3v) is 13.8. The van der Waals surface area contributed by atoms with Crippen molar-refractivity contribution in [2.24, 2.45) is 11.8 Å². The Morgan fingerprint density at radius 1 is 0.825 bits per heavy atom. The average Bonchev–Trinajstić information content (AvgIpc) is 3.63. The molecule has 0 bridgehead atoms. The molecule has 4 amide bonds. The number of piperidine rings is 1. The van der Waals surface area contributed by atoms with Crippen molar-refractivity contribution in [3.63, 3.8) is 0 Å². The van der Waals surface area contributed by atoms with Crippen LogP contribution in [0.15, 0.2) is 93.2 Å². The number of fused-ring (bicyclic) bond motifs is 2. The first kappa shape index (κ1) is 46.9. The minimum atomic E-state index is -3.38. The summed E-state index contributed by atoms with van der Waals surface area (Å²) in [4.78, 5) is 58.4. The lowest BCUT2D eigenvalue weighted by atomic mass is 9.81. The number of aryl methyl sites for hydroxylation is 1. The molecule has 3 aromatic carbocycles. The molecule has 3 heterocycles. The predicted molar refractivity (Wildman–Crippen MR) is 233 cm³/mol. The van der Waals surface area contributed by atoms with Crippen LogP contribution in [0.25, 0.3) is 0 Å². The first-order valence-corrected chi connectivity index (χ1v) is 24.9. The number of carbonyl (C=O) groups excluding carboxylic acids is 4. The highest BCUT2D eigenvalue weighted by Gasteiger charge is 2.34. The summed E-state index contributed by atoms with van der Waals surface area (Å²) >= 11 is 0. The first-order chi connectivity index (χ1) is 30.0. The topological polar surface area (TPSA) is 214 Å². The molecule has 0 spiro atoms. The molecule has 0 radical (unpaired) electrons. The molecule has 4 aromatic rings. The molecule has 6 rings (SSSR count). The van der Waals surface area contributed by atoms with E-state index in [9.17, 15) is 36.0 Å². The number of aromatic nitrogens is 1. The van der Waals surface area contributed by atoms with Gasteiger partial charge in [0.05, 0.1) is 22.0 Å². The van der Waals surface area contributed by atoms with E-state index in [1.54, 1.807) is 60.4 Å². The van der Waals surface area contributed by atoms with E-state index in [-0.39, 0.29) is 70.9 Å². The lowest BCUT2D eigenvalue weighted by Crippen LogP contribution is -2.48. The second-order valence-corrected chi connectivity index (χ2v) is 20.5. The van der Waals surface area contributed by atoms with E-state index in [4.69, 9.17) is 9.26 Å². The third-order valence-electron chi connectivity index (χ3n) is 11.6. The quantitative estimate of drug-likeness (QED) is 0.158. The van der Waals surface area contributed by atoms with Crippen molar-refractivity contribution in [2.45, 2.75) is 87.5 Å². The highest BCUT2D eigenvalue weighted by molar-refractivity contribution is 7.91. The summed E-state index contributed by atoms with van der Waals surface area (Å²) in [5.74, 6) is -1.18. The number of unbranched alkanes of at least 4 members (excludes halogenated alkanes) is 1. The van der Waals surface area contributed by atoms with Crippen LogP contribution in [-0.4, -0.2) is 100 Å². The van der Waals surface area contributed by atoms with Crippen LogP contribution in [0.2, 0.25) is 0 Å². The van der Waals surface area contributed by atoms with Gasteiger partial charge in [-0.1, -0.05) is 59.8 Å². The fourth-order valence-electron chi connectivity index (χ4n) is 8.07. The van der Waals surface area contributed by atoms with Crippen molar-refractivity contribution in [3.05, 3.63) is 113 Å². The summed E-state index contributed by atoms with van der Waals surface area (Å²) in [6.45, 7) is 4.21. The van der Waals surface area contributed by atoms with Crippen LogP contribution in [0.4, 0.5) is 4.79 Å². The minimum absolute atomic E-state index is 0.0710. The van der Waals surface area contributed by atoms with E-state index in [0.29, 0.717) is 70.5 Å². The number of rotatable bonds is 13. The van der Waals surface area contributed by atoms with Crippen LogP contribution in [0.5, 0.6) is 0 Å². The standard InChI is InChI=1S/C45H56N6O10S2/c1-31-42-40(61-49-31)26-47-41(52)25-35-21-24-51(45(55)60-30-34-9-5-4-6-10-34)29-36(35)20-22-46-43(53)39(48-44(42)54)11-7-8-23-50(27-32-12-16-37(17-13-32)62(2,56)57)28-33-14-18-38(19-15-33)63(3,58)59/h4-6,9-10,12-19,35-36,39H,7-8,11,20-30H2,1-3H3,(H,46,53)(H,47,52)(H,48,54)/t35-,36-,39-/m0/s1. The second-order valence-electron chi connectivity index (χ2n) is 16.5. The van der Waals surface area contributed by atoms with Crippen LogP contribution in [-0.2, 0) is 60.2 Å². The van der Waals surface area contributed by atoms with Crippen molar-refractivity contribution in [3.8, 4) is 0 Å². The van der Waals surface area contributed by atoms with Gasteiger partial charge in [0, 0.05) is 51.7 Å². The van der Waals surface area contributed by atoms with E-state index >= 15 is 0 Å². The van der Waals surface area contributed by atoms with Crippen LogP contribution in [0.3, 0.4) is 0 Å². The van der Waals surface area contributed by atoms with E-state index in [2.05, 4.69) is 26.0 Å². The van der Waals surface area contributed by atoms with Gasteiger partial charge in [0.1, 0.15) is 18.2 Å². The van der Waals surface area contributed by atoms with Crippen LogP contribution >= 0.6 is 0 Å². The molecule has 0 saturated carbocycles. The van der Waals surface area contributed by atoms with Gasteiger partial charge < -0.3 is 30.1 Å². The number of amides is 4. The molecule has 1 saturated heterocycles. The number of sulfone groups is 2. The third kappa shape index (κ3) is 13.5. The predicted octanol–water partition coefficient (Wildman–Crippen LogP) is 4.56. The molecule has 1 fully saturated rings. The minimum Gasteiger partial charge on any atom is -0.445 e. The molecular formula is C45H56N6O10S2. The van der Waals surface area contributed by atoms with Crippen molar-refractivity contribution < 1.29 is 45.3 Å². The van der Waals surface area contributed by atoms with Crippen molar-refractivity contribution >= 4 is 43.5 Å². The van der Waals surface area contributed by atoms with Gasteiger partial charge in [-0.05, 0) is 98.4 Å². The Labute approximate surface area is 368 Å². The Morgan fingerprint density at radius 3 is 2.08 bits per heavy atom. The van der Waals surface area contributed by atoms with Crippen LogP contribution < -0.4 is 16.0 Å². The molecule has 1 aromatic heterocycles. The zero-order chi connectivity index (χ0) is 45.1. The molecule has 63 heavy (non-hydrogen) atoms. The molecule has 0 unspecified atom stereocenters. The average molecular weight is 905 g/mol. The number of ether oxygens (including phenoxy) is 1. The van der Waals surface area contributed by atoms with Gasteiger partial charge in [0.15, 0.2) is 25.4 Å². The van der Waals surface area contributed by atoms with Gasteiger partial charge in [0.25, 0.3) is 5.91 Å². The van der Waals surface area contributed by atoms with Gasteiger partial charge >= 0.3 is 6.09 Å². The lowest BCUT2D eigenvalue weighted by molar-refractivity contribution is -0.124. The summed E-state index contributed by atoms with van der Waals surface area (Å²) in [5, 5.41) is 12.8. The van der Waals surface area contributed by atoms with Gasteiger partial charge in [-0.25, -0.2) is 21.6 Å². The van der Waals surface area contributed by atoms with Crippen LogP contribution in [0.1, 0.15) is 77.0 Å². The van der Waals surface area contributed by atoms with Crippen LogP contribution in [0, 0.1) is 18.8 Å². The molecule has 2 aliphatic heterocycles. The summed E-state index contributed by atoms with van der Waals surface area (Å²) in [7, 11) is -6.75. The number of carbonyl (C=O) groups is 4. The molecule has 16 nitrogen and oxygen atoms in total. The first-order valence-electron chi connectivity index (χ1n) is 21.1. The Morgan fingerprint density at radius 2 is 1.46 bits per heavy atom. The molecule has 0 aliphatic carbocycles. The second kappa shape index (κ2) is 21.2.